The van der Waals surface area contributed by atoms with E-state index in [0.29, 0.717) is 25.9 Å². The summed E-state index contributed by atoms with van der Waals surface area (Å²) in [6, 6.07) is 18.3. The Labute approximate surface area is 174 Å². The molecule has 6 heteroatoms. The smallest absolute Gasteiger partial charge is 0.237 e. The molecule has 0 radical (unpaired) electrons. The third kappa shape index (κ3) is 6.98. The molecule has 0 saturated carbocycles. The molecule has 2 aromatic carbocycles. The van der Waals surface area contributed by atoms with E-state index in [2.05, 4.69) is 36.1 Å². The van der Waals surface area contributed by atoms with Crippen molar-refractivity contribution >= 4 is 15.7 Å². The Hall–Kier alpha value is -2.18. The molecule has 0 atom stereocenters. The minimum atomic E-state index is -3.37. The molecule has 1 saturated heterocycles. The van der Waals surface area contributed by atoms with Crippen LogP contribution in [0.5, 0.6) is 0 Å². The number of aryl methyl sites for hydroxylation is 2. The van der Waals surface area contributed by atoms with Gasteiger partial charge in [0, 0.05) is 32.7 Å². The maximum Gasteiger partial charge on any atom is 0.237 e. The first-order valence-corrected chi connectivity index (χ1v) is 12.0. The van der Waals surface area contributed by atoms with Gasteiger partial charge in [-0.05, 0) is 30.9 Å². The van der Waals surface area contributed by atoms with Crippen molar-refractivity contribution in [3.05, 3.63) is 71.3 Å². The monoisotopic (exact) mass is 414 g/mol. The molecule has 156 valence electrons. The van der Waals surface area contributed by atoms with Gasteiger partial charge in [-0.1, -0.05) is 60.2 Å². The van der Waals surface area contributed by atoms with Crippen LogP contribution in [0.3, 0.4) is 0 Å². The van der Waals surface area contributed by atoms with Gasteiger partial charge in [0.15, 0.2) is 9.84 Å². The number of rotatable bonds is 8. The molecule has 2 aromatic rings. The lowest BCUT2D eigenvalue weighted by Gasteiger charge is -2.34. The Balaban J connectivity index is 1.41. The van der Waals surface area contributed by atoms with Gasteiger partial charge in [0.05, 0.1) is 5.75 Å². The van der Waals surface area contributed by atoms with E-state index in [0.717, 1.165) is 25.2 Å². The van der Waals surface area contributed by atoms with Crippen molar-refractivity contribution in [2.24, 2.45) is 0 Å². The van der Waals surface area contributed by atoms with Crippen molar-refractivity contribution in [2.45, 2.75) is 26.3 Å². The van der Waals surface area contributed by atoms with E-state index in [1.807, 2.05) is 30.3 Å². The third-order valence-corrected chi connectivity index (χ3v) is 6.92. The fourth-order valence-corrected chi connectivity index (χ4v) is 5.00. The minimum absolute atomic E-state index is 0.0565. The van der Waals surface area contributed by atoms with Crippen LogP contribution in [-0.2, 0) is 27.6 Å². The maximum atomic E-state index is 12.5. The number of piperazine rings is 1. The average Bonchev–Trinajstić information content (AvgIpc) is 2.69. The maximum absolute atomic E-state index is 12.5. The number of benzene rings is 2. The Morgan fingerprint density at radius 1 is 0.931 bits per heavy atom. The Morgan fingerprint density at radius 3 is 2.31 bits per heavy atom. The van der Waals surface area contributed by atoms with E-state index in [4.69, 9.17) is 0 Å². The zero-order chi connectivity index (χ0) is 20.7. The van der Waals surface area contributed by atoms with Crippen molar-refractivity contribution in [1.29, 1.82) is 0 Å². The number of carbonyl (C=O) groups excluding carboxylic acids is 1. The lowest BCUT2D eigenvalue weighted by Crippen LogP contribution is -2.49. The normalized spacial score (nSPS) is 15.4. The van der Waals surface area contributed by atoms with Gasteiger partial charge in [-0.25, -0.2) is 8.42 Å². The quantitative estimate of drug-likeness (QED) is 0.666. The minimum Gasteiger partial charge on any atom is -0.339 e. The molecule has 0 aliphatic carbocycles. The predicted molar refractivity (Wildman–Crippen MR) is 116 cm³/mol. The van der Waals surface area contributed by atoms with Crippen molar-refractivity contribution < 1.29 is 13.2 Å². The van der Waals surface area contributed by atoms with Crippen LogP contribution in [0.4, 0.5) is 0 Å². The highest BCUT2D eigenvalue weighted by Crippen LogP contribution is 2.11. The van der Waals surface area contributed by atoms with Gasteiger partial charge in [-0.3, -0.25) is 9.69 Å². The molecule has 29 heavy (non-hydrogen) atoms. The van der Waals surface area contributed by atoms with Crippen LogP contribution in [0.25, 0.3) is 0 Å². The summed E-state index contributed by atoms with van der Waals surface area (Å²) < 4.78 is 24.7. The number of hydrogen-bond acceptors (Lipinski definition) is 4. The van der Waals surface area contributed by atoms with Crippen molar-refractivity contribution in [2.75, 3.05) is 37.7 Å². The highest BCUT2D eigenvalue weighted by atomic mass is 32.2. The molecule has 1 fully saturated rings. The van der Waals surface area contributed by atoms with Gasteiger partial charge in [0.2, 0.25) is 5.91 Å². The number of carbonyl (C=O) groups is 1. The molecule has 1 heterocycles. The van der Waals surface area contributed by atoms with E-state index in [-0.39, 0.29) is 17.4 Å². The zero-order valence-electron chi connectivity index (χ0n) is 17.1. The highest BCUT2D eigenvalue weighted by Gasteiger charge is 2.25. The molecule has 0 unspecified atom stereocenters. The van der Waals surface area contributed by atoms with Gasteiger partial charge in [-0.15, -0.1) is 0 Å². The fourth-order valence-electron chi connectivity index (χ4n) is 3.72. The van der Waals surface area contributed by atoms with Crippen LogP contribution < -0.4 is 0 Å². The second-order valence-electron chi connectivity index (χ2n) is 7.83. The van der Waals surface area contributed by atoms with Crippen LogP contribution in [-0.4, -0.2) is 61.8 Å². The van der Waals surface area contributed by atoms with Gasteiger partial charge in [0.25, 0.3) is 0 Å². The summed E-state index contributed by atoms with van der Waals surface area (Å²) in [5.41, 5.74) is 3.64. The molecule has 1 aliphatic heterocycles. The van der Waals surface area contributed by atoms with Crippen molar-refractivity contribution in [3.8, 4) is 0 Å². The average molecular weight is 415 g/mol. The van der Waals surface area contributed by atoms with E-state index < -0.39 is 9.84 Å². The molecule has 0 bridgehead atoms. The highest BCUT2D eigenvalue weighted by molar-refractivity contribution is 7.92. The fraction of sp³-hybridized carbons (Fsp3) is 0.435. The predicted octanol–water partition coefficient (Wildman–Crippen LogP) is 2.69. The Morgan fingerprint density at radius 2 is 1.62 bits per heavy atom. The molecule has 1 amide bonds. The number of sulfone groups is 1. The van der Waals surface area contributed by atoms with Crippen LogP contribution in [0.1, 0.15) is 23.1 Å². The first-order chi connectivity index (χ1) is 13.9. The van der Waals surface area contributed by atoms with E-state index in [1.165, 1.54) is 11.1 Å². The molecular weight excluding hydrogens is 384 g/mol. The summed E-state index contributed by atoms with van der Waals surface area (Å²) >= 11 is 0. The summed E-state index contributed by atoms with van der Waals surface area (Å²) in [5.74, 6) is -0.583. The SMILES string of the molecule is Cc1cccc(CN2CCN(C(=O)CS(=O)(=O)CCCc3ccccc3)CC2)c1. The molecule has 0 N–H and O–H groups in total. The molecule has 3 rings (SSSR count). The summed E-state index contributed by atoms with van der Waals surface area (Å²) in [7, 11) is -3.37. The van der Waals surface area contributed by atoms with E-state index in [9.17, 15) is 13.2 Å². The molecule has 1 aliphatic rings. The Bertz CT molecular complexity index is 905. The largest absolute Gasteiger partial charge is 0.339 e. The second-order valence-corrected chi connectivity index (χ2v) is 10.0. The lowest BCUT2D eigenvalue weighted by molar-refractivity contribution is -0.130. The van der Waals surface area contributed by atoms with Gasteiger partial charge in [-0.2, -0.15) is 0 Å². The number of amides is 1. The lowest BCUT2D eigenvalue weighted by atomic mass is 10.1. The van der Waals surface area contributed by atoms with Crippen LogP contribution in [0.15, 0.2) is 54.6 Å². The van der Waals surface area contributed by atoms with Crippen LogP contribution in [0.2, 0.25) is 0 Å². The van der Waals surface area contributed by atoms with Gasteiger partial charge >= 0.3 is 0 Å². The van der Waals surface area contributed by atoms with E-state index >= 15 is 0 Å². The number of nitrogens with zero attached hydrogens (tertiary/aromatic N) is 2. The summed E-state index contributed by atoms with van der Waals surface area (Å²) in [5, 5.41) is 0. The first-order valence-electron chi connectivity index (χ1n) is 10.2. The summed E-state index contributed by atoms with van der Waals surface area (Å²) in [4.78, 5) is 16.5. The van der Waals surface area contributed by atoms with Crippen molar-refractivity contribution in [1.82, 2.24) is 9.80 Å². The Kier molecular flexibility index (Phi) is 7.45. The van der Waals surface area contributed by atoms with Gasteiger partial charge in [0.1, 0.15) is 5.75 Å². The van der Waals surface area contributed by atoms with Gasteiger partial charge < -0.3 is 4.90 Å². The zero-order valence-corrected chi connectivity index (χ0v) is 17.9. The topological polar surface area (TPSA) is 57.7 Å². The molecule has 0 spiro atoms. The van der Waals surface area contributed by atoms with Crippen LogP contribution >= 0.6 is 0 Å². The molecular formula is C23H30N2O3S. The molecule has 5 nitrogen and oxygen atoms in total. The van der Waals surface area contributed by atoms with Crippen molar-refractivity contribution in [3.63, 3.8) is 0 Å². The van der Waals surface area contributed by atoms with Crippen LogP contribution in [0, 0.1) is 6.92 Å². The third-order valence-electron chi connectivity index (χ3n) is 5.32. The number of hydrogen-bond donors (Lipinski definition) is 0. The van der Waals surface area contributed by atoms with E-state index in [1.54, 1.807) is 4.90 Å². The summed E-state index contributed by atoms with van der Waals surface area (Å²) in [6.45, 7) is 5.66. The second kappa shape index (κ2) is 10.0. The summed E-state index contributed by atoms with van der Waals surface area (Å²) in [6.07, 6.45) is 1.26. The first kappa shape index (κ1) is 21.5. The molecule has 0 aromatic heterocycles. The standard InChI is InChI=1S/C23H30N2O3S/c1-20-7-5-10-22(17-20)18-24-12-14-25(15-13-24)23(26)19-29(27,28)16-6-11-21-8-3-2-4-9-21/h2-5,7-10,17H,6,11-16,18-19H2,1H3.